The van der Waals surface area contributed by atoms with Crippen molar-refractivity contribution in [2.24, 2.45) is 12.1 Å². The van der Waals surface area contributed by atoms with E-state index in [9.17, 15) is 8.78 Å². The third kappa shape index (κ3) is 7.43. The molecule has 1 unspecified atom stereocenters. The van der Waals surface area contributed by atoms with Gasteiger partial charge in [-0.1, -0.05) is 18.2 Å². The second-order valence-electron chi connectivity index (χ2n) is 11.2. The van der Waals surface area contributed by atoms with Gasteiger partial charge < -0.3 is 14.8 Å². The molecule has 3 aromatic heterocycles. The Balaban J connectivity index is 0.000000700. The van der Waals surface area contributed by atoms with Gasteiger partial charge in [-0.25, -0.2) is 18.2 Å². The predicted octanol–water partition coefficient (Wildman–Crippen LogP) is 7.55. The van der Waals surface area contributed by atoms with E-state index in [-0.39, 0.29) is 35.8 Å². The maximum absolute atomic E-state index is 15.3. The van der Waals surface area contributed by atoms with Crippen LogP contribution in [0.4, 0.5) is 13.2 Å². The highest BCUT2D eigenvalue weighted by molar-refractivity contribution is 7.17. The van der Waals surface area contributed by atoms with Crippen molar-refractivity contribution in [3.63, 3.8) is 0 Å². The van der Waals surface area contributed by atoms with E-state index in [1.54, 1.807) is 0 Å². The number of nitrogens with zero attached hydrogens (tertiary/aromatic N) is 6. The van der Waals surface area contributed by atoms with Gasteiger partial charge in [0.1, 0.15) is 17.5 Å². The minimum Gasteiger partial charge on any atom is -0.331 e. The van der Waals surface area contributed by atoms with Crippen molar-refractivity contribution < 1.29 is 13.2 Å². The molecule has 0 bridgehead atoms. The van der Waals surface area contributed by atoms with E-state index < -0.39 is 11.6 Å². The van der Waals surface area contributed by atoms with Crippen molar-refractivity contribution in [2.75, 3.05) is 27.2 Å². The van der Waals surface area contributed by atoms with E-state index in [1.165, 1.54) is 16.7 Å². The highest BCUT2D eigenvalue weighted by Gasteiger charge is 2.26. The van der Waals surface area contributed by atoms with Gasteiger partial charge in [-0.15, -0.1) is 17.9 Å². The average molecular weight is 636 g/mol. The Bertz CT molecular complexity index is 1780. The number of allylic oxidation sites excluding steroid dienone is 3. The molecule has 1 aliphatic heterocycles. The summed E-state index contributed by atoms with van der Waals surface area (Å²) in [6.45, 7) is 15.0. The molecule has 4 aromatic rings. The molecule has 5 rings (SSSR count). The number of fused-ring (bicyclic) bond motifs is 2. The van der Waals surface area contributed by atoms with Gasteiger partial charge in [0.25, 0.3) is 0 Å². The molecule has 0 amide bonds. The van der Waals surface area contributed by atoms with E-state index >= 15 is 4.39 Å². The van der Waals surface area contributed by atoms with Crippen molar-refractivity contribution in [3.8, 4) is 11.3 Å². The number of pyridine rings is 1. The van der Waals surface area contributed by atoms with Crippen molar-refractivity contribution in [1.82, 2.24) is 29.8 Å². The molecule has 0 aliphatic carbocycles. The lowest BCUT2D eigenvalue weighted by Gasteiger charge is -2.37. The summed E-state index contributed by atoms with van der Waals surface area (Å²) >= 11 is 1.20. The molecule has 7 nitrogen and oxygen atoms in total. The molecule has 1 N–H and O–H groups in total. The first kappa shape index (κ1) is 33.8. The summed E-state index contributed by atoms with van der Waals surface area (Å²) in [4.78, 5) is 11.7. The number of nitrogens with one attached hydrogen (secondary N) is 1. The quantitative estimate of drug-likeness (QED) is 0.123. The maximum Gasteiger partial charge on any atom is 0.142 e. The molecule has 1 aromatic carbocycles. The summed E-state index contributed by atoms with van der Waals surface area (Å²) in [7, 11) is 5.98. The first-order chi connectivity index (χ1) is 21.5. The Morgan fingerprint density at radius 2 is 2.02 bits per heavy atom. The summed E-state index contributed by atoms with van der Waals surface area (Å²) in [5.74, 6) is -0.452. The largest absolute Gasteiger partial charge is 0.331 e. The number of halogens is 3. The van der Waals surface area contributed by atoms with E-state index in [1.807, 2.05) is 81.8 Å². The lowest BCUT2D eigenvalue weighted by Crippen LogP contribution is -2.50. The summed E-state index contributed by atoms with van der Waals surface area (Å²) in [6, 6.07) is 5.92. The SMILES string of the molecule is C=CCN(C)C.C=NN1/C(=C\Cc2nc(-c3ccc4c(c3)nc(C)n4C)c3scc(F)c3c2C=C(F)/C=C/F)[C@@H](C)NCC1C. The van der Waals surface area contributed by atoms with Gasteiger partial charge in [-0.3, -0.25) is 9.99 Å². The van der Waals surface area contributed by atoms with Gasteiger partial charge in [-0.2, -0.15) is 5.10 Å². The van der Waals surface area contributed by atoms with Crippen LogP contribution >= 0.6 is 11.3 Å². The molecule has 1 fully saturated rings. The molecular weight excluding hydrogens is 595 g/mol. The molecule has 1 aliphatic rings. The minimum absolute atomic E-state index is 0.00668. The Morgan fingerprint density at radius 1 is 1.27 bits per heavy atom. The second-order valence-corrected chi connectivity index (χ2v) is 12.1. The van der Waals surface area contributed by atoms with E-state index in [0.717, 1.165) is 47.3 Å². The molecule has 0 spiro atoms. The number of benzene rings is 1. The minimum atomic E-state index is -0.839. The fourth-order valence-electron chi connectivity index (χ4n) is 5.31. The summed E-state index contributed by atoms with van der Waals surface area (Å²) in [5, 5.41) is 11.1. The first-order valence-electron chi connectivity index (χ1n) is 14.6. The number of aromatic nitrogens is 3. The standard InChI is InChI=1S/C29H29F3N6S.C5H11N/c1-16-14-34-17(2)25(38(16)33-4)9-7-23-21(13-20(31)10-11-30)27-22(32)15-39-29(27)28(36-23)19-6-8-26-24(12-19)35-18(3)37(26)5;1-4-5-6(2)3/h6,8-13,15-17,34H,4,7,14H2,1-3,5H3;4H,1,5H2,2-3H3/b11-10+,20-13?,25-9-;/t16?,17-;/m1./s1. The van der Waals surface area contributed by atoms with Crippen LogP contribution in [0.3, 0.4) is 0 Å². The highest BCUT2D eigenvalue weighted by atomic mass is 32.1. The Morgan fingerprint density at radius 3 is 2.67 bits per heavy atom. The van der Waals surface area contributed by atoms with Crippen LogP contribution in [0, 0.1) is 12.7 Å². The van der Waals surface area contributed by atoms with Crippen molar-refractivity contribution in [1.29, 1.82) is 0 Å². The number of hydrogen-bond acceptors (Lipinski definition) is 7. The molecule has 1 saturated heterocycles. The Hall–Kier alpha value is -4.06. The third-order valence-electron chi connectivity index (χ3n) is 7.67. The third-order valence-corrected chi connectivity index (χ3v) is 8.62. The summed E-state index contributed by atoms with van der Waals surface area (Å²) in [6.07, 6.45) is 6.04. The normalized spacial score (nSPS) is 18.3. The first-order valence-corrected chi connectivity index (χ1v) is 15.5. The second kappa shape index (κ2) is 14.8. The van der Waals surface area contributed by atoms with Gasteiger partial charge in [-0.05, 0) is 53.1 Å². The van der Waals surface area contributed by atoms with Gasteiger partial charge in [0.2, 0.25) is 0 Å². The van der Waals surface area contributed by atoms with Crippen LogP contribution < -0.4 is 5.32 Å². The number of hydrogen-bond donors (Lipinski definition) is 1. The Labute approximate surface area is 266 Å². The average Bonchev–Trinajstić information content (AvgIpc) is 3.52. The Kier molecular flexibility index (Phi) is 11.1. The number of hydrazone groups is 1. The zero-order valence-electron chi connectivity index (χ0n) is 26.6. The fraction of sp³-hybridized carbons (Fsp3) is 0.324. The van der Waals surface area contributed by atoms with Gasteiger partial charge >= 0.3 is 0 Å². The van der Waals surface area contributed by atoms with Crippen LogP contribution in [0.15, 0.2) is 71.3 Å². The van der Waals surface area contributed by atoms with Crippen LogP contribution in [0.25, 0.3) is 38.5 Å². The van der Waals surface area contributed by atoms with Crippen LogP contribution in [0.2, 0.25) is 0 Å². The topological polar surface area (TPSA) is 61.6 Å². The molecule has 2 atom stereocenters. The molecule has 238 valence electrons. The monoisotopic (exact) mass is 635 g/mol. The van der Waals surface area contributed by atoms with Crippen molar-refractivity contribution in [2.45, 2.75) is 39.3 Å². The lowest BCUT2D eigenvalue weighted by atomic mass is 10.00. The highest BCUT2D eigenvalue weighted by Crippen LogP contribution is 2.39. The number of imidazole rings is 1. The molecule has 0 saturated carbocycles. The van der Waals surface area contributed by atoms with Crippen LogP contribution in [-0.2, 0) is 13.5 Å². The van der Waals surface area contributed by atoms with Gasteiger partial charge in [0.05, 0.1) is 45.2 Å². The number of rotatable bonds is 8. The van der Waals surface area contributed by atoms with E-state index in [4.69, 9.17) is 4.98 Å². The molecule has 11 heteroatoms. The van der Waals surface area contributed by atoms with Crippen LogP contribution in [0.5, 0.6) is 0 Å². The summed E-state index contributed by atoms with van der Waals surface area (Å²) in [5.41, 5.74) is 4.75. The number of aryl methyl sites for hydroxylation is 2. The zero-order valence-corrected chi connectivity index (χ0v) is 27.4. The molecular formula is C34H40F3N7S. The van der Waals surface area contributed by atoms with Gasteiger partial charge in [0, 0.05) is 67.3 Å². The number of piperazine rings is 1. The number of likely N-dealkylation sites (N-methyl/N-ethyl adjacent to an activating group) is 1. The van der Waals surface area contributed by atoms with E-state index in [0.29, 0.717) is 22.2 Å². The smallest absolute Gasteiger partial charge is 0.142 e. The maximum atomic E-state index is 15.3. The van der Waals surface area contributed by atoms with Crippen LogP contribution in [-0.4, -0.2) is 70.4 Å². The van der Waals surface area contributed by atoms with E-state index in [2.05, 4.69) is 33.6 Å². The molecule has 0 radical (unpaired) electrons. The van der Waals surface area contributed by atoms with Gasteiger partial charge in [0.15, 0.2) is 0 Å². The van der Waals surface area contributed by atoms with Crippen molar-refractivity contribution in [3.05, 3.63) is 89.1 Å². The fourth-order valence-corrected chi connectivity index (χ4v) is 6.25. The zero-order chi connectivity index (χ0) is 32.8. The molecule has 45 heavy (non-hydrogen) atoms. The van der Waals surface area contributed by atoms with Crippen LogP contribution in [0.1, 0.15) is 30.9 Å². The lowest BCUT2D eigenvalue weighted by molar-refractivity contribution is 0.211. The van der Waals surface area contributed by atoms with Crippen molar-refractivity contribution >= 4 is 45.2 Å². The predicted molar refractivity (Wildman–Crippen MR) is 182 cm³/mol. The molecule has 4 heterocycles. The number of thiophene rings is 1. The summed E-state index contributed by atoms with van der Waals surface area (Å²) < 4.78 is 45.3.